The van der Waals surface area contributed by atoms with Crippen LogP contribution in [0.1, 0.15) is 47.2 Å². The molecule has 2 aromatic carbocycles. The molecule has 0 bridgehead atoms. The van der Waals surface area contributed by atoms with Crippen LogP contribution in [0.3, 0.4) is 0 Å². The van der Waals surface area contributed by atoms with Crippen LogP contribution < -0.4 is 5.32 Å². The fraction of sp³-hybridized carbons (Fsp3) is 0.462. The van der Waals surface area contributed by atoms with Crippen LogP contribution in [-0.4, -0.2) is 58.8 Å². The lowest BCUT2D eigenvalue weighted by Gasteiger charge is -2.40. The molecule has 1 atom stereocenters. The number of benzene rings is 2. The number of nitrogens with one attached hydrogen (secondary N) is 1. The molecule has 0 aromatic heterocycles. The van der Waals surface area contributed by atoms with Gasteiger partial charge in [0.25, 0.3) is 11.6 Å². The summed E-state index contributed by atoms with van der Waals surface area (Å²) in [5.41, 5.74) is 1.60. The van der Waals surface area contributed by atoms with Gasteiger partial charge in [-0.05, 0) is 49.4 Å². The van der Waals surface area contributed by atoms with Crippen LogP contribution in [0, 0.1) is 28.8 Å². The fourth-order valence-corrected chi connectivity index (χ4v) is 5.17. The number of rotatable bonds is 7. The van der Waals surface area contributed by atoms with Crippen molar-refractivity contribution in [3.63, 3.8) is 0 Å². The Kier molecular flexibility index (Phi) is 7.75. The topological polar surface area (TPSA) is 95.8 Å². The molecule has 186 valence electrons. The summed E-state index contributed by atoms with van der Waals surface area (Å²) in [5, 5.41) is 14.3. The van der Waals surface area contributed by atoms with Gasteiger partial charge in [-0.1, -0.05) is 31.0 Å². The van der Waals surface area contributed by atoms with Crippen LogP contribution >= 0.6 is 0 Å². The van der Waals surface area contributed by atoms with Crippen molar-refractivity contribution in [2.45, 2.75) is 45.2 Å². The maximum Gasteiger partial charge on any atom is 0.273 e. The summed E-state index contributed by atoms with van der Waals surface area (Å²) in [6.07, 6.45) is 4.22. The van der Waals surface area contributed by atoms with Crippen LogP contribution in [0.4, 0.5) is 10.1 Å². The van der Waals surface area contributed by atoms with Gasteiger partial charge in [0.15, 0.2) is 0 Å². The number of nitrogens with zero attached hydrogens (tertiary/aromatic N) is 3. The lowest BCUT2D eigenvalue weighted by atomic mass is 9.94. The number of carbonyl (C=O) groups is 2. The summed E-state index contributed by atoms with van der Waals surface area (Å²) >= 11 is 0. The minimum Gasteiger partial charge on any atom is -0.351 e. The number of aryl methyl sites for hydroxylation is 1. The number of amides is 2. The van der Waals surface area contributed by atoms with Gasteiger partial charge in [-0.3, -0.25) is 24.6 Å². The molecule has 8 nitrogen and oxygen atoms in total. The highest BCUT2D eigenvalue weighted by atomic mass is 19.1. The van der Waals surface area contributed by atoms with E-state index < -0.39 is 4.92 Å². The van der Waals surface area contributed by atoms with E-state index in [1.54, 1.807) is 36.1 Å². The number of nitro groups is 1. The average Bonchev–Trinajstić information content (AvgIpc) is 3.38. The van der Waals surface area contributed by atoms with Gasteiger partial charge in [-0.15, -0.1) is 0 Å². The average molecular weight is 483 g/mol. The molecule has 9 heteroatoms. The Morgan fingerprint density at radius 1 is 1.09 bits per heavy atom. The molecule has 0 radical (unpaired) electrons. The van der Waals surface area contributed by atoms with Crippen LogP contribution in [0.25, 0.3) is 0 Å². The lowest BCUT2D eigenvalue weighted by Crippen LogP contribution is -2.57. The molecule has 1 N–H and O–H groups in total. The quantitative estimate of drug-likeness (QED) is 0.480. The largest absolute Gasteiger partial charge is 0.351 e. The summed E-state index contributed by atoms with van der Waals surface area (Å²) in [6.45, 7) is 4.02. The first kappa shape index (κ1) is 24.8. The van der Waals surface area contributed by atoms with Gasteiger partial charge in [0, 0.05) is 49.9 Å². The fourth-order valence-electron chi connectivity index (χ4n) is 5.17. The third-order valence-electron chi connectivity index (χ3n) is 7.14. The summed E-state index contributed by atoms with van der Waals surface area (Å²) in [5.74, 6) is -0.303. The van der Waals surface area contributed by atoms with Gasteiger partial charge < -0.3 is 10.2 Å². The number of halogens is 1. The van der Waals surface area contributed by atoms with Gasteiger partial charge in [-0.2, -0.15) is 0 Å². The molecule has 2 fully saturated rings. The van der Waals surface area contributed by atoms with Gasteiger partial charge in [0.2, 0.25) is 5.91 Å². The van der Waals surface area contributed by atoms with Crippen LogP contribution in [-0.2, 0) is 11.3 Å². The SMILES string of the molecule is Cc1ccc(C(=O)N2CCN(C(C(=O)NCc3ccc(F)cc3)C3CCCC3)CC2)cc1[N+](=O)[O-]. The zero-order chi connectivity index (χ0) is 24.9. The number of piperazine rings is 1. The van der Waals surface area contributed by atoms with Gasteiger partial charge >= 0.3 is 0 Å². The first-order valence-corrected chi connectivity index (χ1v) is 12.1. The molecule has 1 aliphatic heterocycles. The maximum atomic E-state index is 13.3. The Labute approximate surface area is 204 Å². The van der Waals surface area contributed by atoms with Crippen molar-refractivity contribution >= 4 is 17.5 Å². The van der Waals surface area contributed by atoms with E-state index in [0.717, 1.165) is 31.2 Å². The second-order valence-electron chi connectivity index (χ2n) is 9.42. The minimum atomic E-state index is -0.471. The summed E-state index contributed by atoms with van der Waals surface area (Å²) in [7, 11) is 0. The van der Waals surface area contributed by atoms with Crippen molar-refractivity contribution in [2.24, 2.45) is 5.92 Å². The van der Waals surface area contributed by atoms with Crippen molar-refractivity contribution < 1.29 is 18.9 Å². The van der Waals surface area contributed by atoms with Crippen molar-refractivity contribution in [1.82, 2.24) is 15.1 Å². The Balaban J connectivity index is 1.40. The molecule has 2 aliphatic rings. The van der Waals surface area contributed by atoms with Crippen molar-refractivity contribution in [2.75, 3.05) is 26.2 Å². The van der Waals surface area contributed by atoms with Crippen molar-refractivity contribution in [1.29, 1.82) is 0 Å². The highest BCUT2D eigenvalue weighted by Gasteiger charge is 2.37. The summed E-state index contributed by atoms with van der Waals surface area (Å²) in [6, 6.07) is 10.4. The van der Waals surface area contributed by atoms with E-state index in [2.05, 4.69) is 10.2 Å². The second kappa shape index (κ2) is 10.9. The molecule has 2 amide bonds. The molecule has 1 aliphatic carbocycles. The molecule has 4 rings (SSSR count). The number of hydrogen-bond donors (Lipinski definition) is 1. The molecule has 1 saturated heterocycles. The van der Waals surface area contributed by atoms with Crippen LogP contribution in [0.15, 0.2) is 42.5 Å². The third kappa shape index (κ3) is 5.85. The molecular formula is C26H31FN4O4. The molecule has 35 heavy (non-hydrogen) atoms. The van der Waals surface area contributed by atoms with E-state index in [1.165, 1.54) is 18.2 Å². The van der Waals surface area contributed by atoms with Crippen LogP contribution in [0.5, 0.6) is 0 Å². The maximum absolute atomic E-state index is 13.3. The van der Waals surface area contributed by atoms with E-state index in [0.29, 0.717) is 43.9 Å². The normalized spacial score (nSPS) is 17.8. The van der Waals surface area contributed by atoms with E-state index >= 15 is 0 Å². The Bertz CT molecular complexity index is 1080. The molecular weight excluding hydrogens is 451 g/mol. The number of nitro benzene ring substituents is 1. The third-order valence-corrected chi connectivity index (χ3v) is 7.14. The van der Waals surface area contributed by atoms with Gasteiger partial charge in [0.1, 0.15) is 5.82 Å². The van der Waals surface area contributed by atoms with Crippen molar-refractivity contribution in [3.8, 4) is 0 Å². The van der Waals surface area contributed by atoms with Gasteiger partial charge in [0.05, 0.1) is 11.0 Å². The molecule has 1 heterocycles. The first-order valence-electron chi connectivity index (χ1n) is 12.1. The van der Waals surface area contributed by atoms with E-state index in [1.807, 2.05) is 0 Å². The Morgan fingerprint density at radius 2 is 1.74 bits per heavy atom. The zero-order valence-electron chi connectivity index (χ0n) is 19.9. The summed E-state index contributed by atoms with van der Waals surface area (Å²) < 4.78 is 13.2. The summed E-state index contributed by atoms with van der Waals surface area (Å²) in [4.78, 5) is 40.9. The monoisotopic (exact) mass is 482 g/mol. The van der Waals surface area contributed by atoms with Gasteiger partial charge in [-0.25, -0.2) is 4.39 Å². The van der Waals surface area contributed by atoms with E-state index in [9.17, 15) is 24.1 Å². The zero-order valence-corrected chi connectivity index (χ0v) is 19.9. The Hall–Kier alpha value is -3.33. The minimum absolute atomic E-state index is 0.0323. The standard InChI is InChI=1S/C26H31FN4O4/c1-18-6-9-21(16-23(18)31(34)35)26(33)30-14-12-29(13-15-30)24(20-4-2-3-5-20)25(32)28-17-19-7-10-22(27)11-8-19/h6-11,16,20,24H,2-5,12-15,17H2,1H3,(H,28,32). The molecule has 1 saturated carbocycles. The second-order valence-corrected chi connectivity index (χ2v) is 9.42. The predicted octanol–water partition coefficient (Wildman–Crippen LogP) is 3.68. The Morgan fingerprint density at radius 3 is 2.37 bits per heavy atom. The highest BCUT2D eigenvalue weighted by molar-refractivity contribution is 5.95. The number of hydrogen-bond acceptors (Lipinski definition) is 5. The molecule has 0 spiro atoms. The van der Waals surface area contributed by atoms with E-state index in [4.69, 9.17) is 0 Å². The predicted molar refractivity (Wildman–Crippen MR) is 129 cm³/mol. The lowest BCUT2D eigenvalue weighted by molar-refractivity contribution is -0.385. The highest BCUT2D eigenvalue weighted by Crippen LogP contribution is 2.31. The molecule has 2 aromatic rings. The number of carbonyl (C=O) groups excluding carboxylic acids is 2. The first-order chi connectivity index (χ1) is 16.8. The smallest absolute Gasteiger partial charge is 0.273 e. The van der Waals surface area contributed by atoms with Crippen LogP contribution in [0.2, 0.25) is 0 Å². The molecule has 1 unspecified atom stereocenters. The van der Waals surface area contributed by atoms with E-state index in [-0.39, 0.29) is 35.3 Å². The van der Waals surface area contributed by atoms with Crippen molar-refractivity contribution in [3.05, 3.63) is 75.1 Å².